The molecule has 72 heavy (non-hydrogen) atoms. The van der Waals surface area contributed by atoms with Gasteiger partial charge in [0, 0.05) is 32.2 Å². The molecule has 4 nitrogen and oxygen atoms in total. The number of nitrogens with zero attached hydrogens (tertiary/aromatic N) is 3. The molecular formula is C66H59FIrN3O. The monoisotopic (exact) mass is 1130 g/mol. The molecule has 6 aromatic carbocycles. The van der Waals surface area contributed by atoms with Crippen LogP contribution in [0.2, 0.25) is 0 Å². The molecule has 0 atom stereocenters. The van der Waals surface area contributed by atoms with E-state index in [0.29, 0.717) is 51.5 Å². The molecule has 0 radical (unpaired) electrons. The predicted molar refractivity (Wildman–Crippen MR) is 289 cm³/mol. The Balaban J connectivity index is 0.00000740. The molecule has 10 rings (SSSR count). The minimum Gasteiger partial charge on any atom is -0.500 e. The maximum Gasteiger partial charge on any atom is 3.00 e. The Bertz CT molecular complexity index is 3650. The molecule has 0 amide bonds. The zero-order chi connectivity index (χ0) is 54.7. The van der Waals surface area contributed by atoms with Gasteiger partial charge in [0.2, 0.25) is 0 Å². The molecule has 0 aliphatic heterocycles. The van der Waals surface area contributed by atoms with Crippen molar-refractivity contribution in [1.82, 2.24) is 15.0 Å². The summed E-state index contributed by atoms with van der Waals surface area (Å²) in [4.78, 5) is 14.4. The van der Waals surface area contributed by atoms with Crippen LogP contribution in [0.15, 0.2) is 175 Å². The number of furan rings is 1. The van der Waals surface area contributed by atoms with E-state index in [4.69, 9.17) is 19.4 Å². The summed E-state index contributed by atoms with van der Waals surface area (Å²) < 4.78 is 81.7. The summed E-state index contributed by atoms with van der Waals surface area (Å²) in [5, 5.41) is 1.34. The minimum atomic E-state index is -2.85. The Kier molecular flexibility index (Phi) is 12.3. The van der Waals surface area contributed by atoms with Gasteiger partial charge in [-0.25, -0.2) is 4.39 Å². The fourth-order valence-corrected chi connectivity index (χ4v) is 9.46. The summed E-state index contributed by atoms with van der Waals surface area (Å²) in [6, 6.07) is 56.1. The van der Waals surface area contributed by atoms with Crippen molar-refractivity contribution in [1.29, 1.82) is 0 Å². The van der Waals surface area contributed by atoms with Crippen molar-refractivity contribution in [2.75, 3.05) is 0 Å². The van der Waals surface area contributed by atoms with Crippen LogP contribution in [0.25, 0.3) is 66.8 Å². The molecule has 0 unspecified atom stereocenters. The van der Waals surface area contributed by atoms with Gasteiger partial charge in [-0.2, -0.15) is 0 Å². The molecule has 6 heteroatoms. The number of aryl methyl sites for hydroxylation is 2. The summed E-state index contributed by atoms with van der Waals surface area (Å²) in [5.74, 6) is -0.451. The molecule has 0 saturated carbocycles. The number of aromatic nitrogens is 3. The largest absolute Gasteiger partial charge is 3.00 e. The fourth-order valence-electron chi connectivity index (χ4n) is 9.46. The van der Waals surface area contributed by atoms with Crippen molar-refractivity contribution in [2.24, 2.45) is 5.41 Å². The molecule has 0 N–H and O–H groups in total. The van der Waals surface area contributed by atoms with Crippen molar-refractivity contribution < 1.29 is 37.1 Å². The van der Waals surface area contributed by atoms with Gasteiger partial charge in [-0.3, -0.25) is 0 Å². The van der Waals surface area contributed by atoms with Gasteiger partial charge < -0.3 is 19.4 Å². The van der Waals surface area contributed by atoms with Crippen molar-refractivity contribution in [3.05, 3.63) is 233 Å². The maximum atomic E-state index is 15.7. The fraction of sp³-hybridized carbons (Fsp3) is 0.227. The molecular weight excluding hydrogens is 1060 g/mol. The Hall–Kier alpha value is -6.85. The van der Waals surface area contributed by atoms with Gasteiger partial charge in [-0.1, -0.05) is 138 Å². The van der Waals surface area contributed by atoms with E-state index in [-0.39, 0.29) is 42.5 Å². The predicted octanol–water partition coefficient (Wildman–Crippen LogP) is 16.4. The molecule has 4 heterocycles. The first-order valence-electron chi connectivity index (χ1n) is 27.1. The average Bonchev–Trinajstić information content (AvgIpc) is 3.91. The molecule has 0 bridgehead atoms. The molecule has 0 aliphatic carbocycles. The zero-order valence-corrected chi connectivity index (χ0v) is 43.9. The van der Waals surface area contributed by atoms with Crippen LogP contribution >= 0.6 is 0 Å². The Morgan fingerprint density at radius 2 is 1.10 bits per heavy atom. The topological polar surface area (TPSA) is 51.8 Å². The van der Waals surface area contributed by atoms with Gasteiger partial charge in [0.25, 0.3) is 0 Å². The quantitative estimate of drug-likeness (QED) is 0.102. The van der Waals surface area contributed by atoms with Crippen molar-refractivity contribution in [3.8, 4) is 44.9 Å². The van der Waals surface area contributed by atoms with E-state index in [1.54, 1.807) is 45.0 Å². The van der Waals surface area contributed by atoms with Gasteiger partial charge in [0.15, 0.2) is 0 Å². The van der Waals surface area contributed by atoms with Crippen molar-refractivity contribution in [2.45, 2.75) is 91.3 Å². The first-order chi connectivity index (χ1) is 36.5. The third kappa shape index (κ3) is 11.0. The van der Waals surface area contributed by atoms with E-state index < -0.39 is 41.2 Å². The maximum absolute atomic E-state index is 15.7. The summed E-state index contributed by atoms with van der Waals surface area (Å²) in [6.45, 7) is 13.7. The smallest absolute Gasteiger partial charge is 0.500 e. The van der Waals surface area contributed by atoms with Crippen LogP contribution in [0.3, 0.4) is 0 Å². The molecule has 0 aliphatic rings. The van der Waals surface area contributed by atoms with E-state index in [1.165, 1.54) is 18.3 Å². The zero-order valence-electron chi connectivity index (χ0n) is 47.5. The van der Waals surface area contributed by atoms with Crippen LogP contribution < -0.4 is 0 Å². The Morgan fingerprint density at radius 3 is 1.65 bits per heavy atom. The second-order valence-electron chi connectivity index (χ2n) is 20.7. The number of hydrogen-bond donors (Lipinski definition) is 0. The van der Waals surface area contributed by atoms with Crippen LogP contribution in [-0.4, -0.2) is 15.0 Å². The SMILES string of the molecule is [2H]C([2H])(c1cc(-c2[c-]ccc3c2oc2c(-c4ccccc4)c(F)ccc23)ncc1C([2H])([2H])C([2H])([2H])c1cc(CC(C)(C)c2ccc(-c3[c-]cccc3)nc2)cc(CC(C)(C)c2ccc(-c3[c-]cccc3)nc2)c1)C(C)(C)C.[Ir+3]. The molecule has 4 aromatic heterocycles. The summed E-state index contributed by atoms with van der Waals surface area (Å²) in [6.07, 6.45) is -1.87. The van der Waals surface area contributed by atoms with Crippen molar-refractivity contribution >= 4 is 21.9 Å². The number of hydrogen-bond acceptors (Lipinski definition) is 4. The van der Waals surface area contributed by atoms with Gasteiger partial charge >= 0.3 is 20.1 Å². The van der Waals surface area contributed by atoms with Gasteiger partial charge in [0.05, 0.1) is 11.1 Å². The van der Waals surface area contributed by atoms with Gasteiger partial charge in [-0.05, 0) is 122 Å². The minimum absolute atomic E-state index is 0. The normalized spacial score (nSPS) is 13.9. The first kappa shape index (κ1) is 42.8. The van der Waals surface area contributed by atoms with Gasteiger partial charge in [0.1, 0.15) is 11.4 Å². The van der Waals surface area contributed by atoms with Crippen LogP contribution in [0, 0.1) is 29.4 Å². The number of halogens is 1. The first-order valence-corrected chi connectivity index (χ1v) is 24.1. The van der Waals surface area contributed by atoms with Crippen LogP contribution in [0.4, 0.5) is 4.39 Å². The van der Waals surface area contributed by atoms with E-state index in [2.05, 4.69) is 64.1 Å². The van der Waals surface area contributed by atoms with Crippen molar-refractivity contribution in [3.63, 3.8) is 0 Å². The summed E-state index contributed by atoms with van der Waals surface area (Å²) >= 11 is 0. The van der Waals surface area contributed by atoms with E-state index in [1.807, 2.05) is 109 Å². The number of pyridine rings is 3. The molecule has 0 saturated heterocycles. The molecule has 0 fully saturated rings. The molecule has 10 aromatic rings. The second kappa shape index (κ2) is 20.7. The molecule has 360 valence electrons. The number of benzene rings is 6. The van der Waals surface area contributed by atoms with Crippen LogP contribution in [-0.2, 0) is 62.9 Å². The van der Waals surface area contributed by atoms with E-state index in [9.17, 15) is 8.22 Å². The third-order valence-corrected chi connectivity index (χ3v) is 13.0. The second-order valence-corrected chi connectivity index (χ2v) is 20.7. The summed E-state index contributed by atoms with van der Waals surface area (Å²) in [5.41, 5.74) is 6.89. The number of fused-ring (bicyclic) bond motifs is 3. The standard InChI is InChI=1S/C66H59FN3O.Ir/c1-64(2,3)40-51-37-60(56-25-17-24-54-55-30-31-57(67)61(63(55)71-62(54)56)49-22-15-10-16-23-49)68-41-50(51)27-26-44-34-45(38-65(4,5)52-28-32-58(69-42-52)47-18-11-8-12-19-47)36-46(35-44)39-66(6,7)53-29-33-59(70-43-53)48-20-13-9-14-21-48;/h8-18,20,22-24,28-37,41-43H,26-27,38-40H2,1-7H3;/q-3;+3/i26D2,27D2,40D2;. The van der Waals surface area contributed by atoms with E-state index in [0.717, 1.165) is 44.8 Å². The van der Waals surface area contributed by atoms with E-state index >= 15 is 4.39 Å². The summed E-state index contributed by atoms with van der Waals surface area (Å²) in [7, 11) is 0. The third-order valence-electron chi connectivity index (χ3n) is 13.0. The Morgan fingerprint density at radius 1 is 0.528 bits per heavy atom. The van der Waals surface area contributed by atoms with Gasteiger partial charge in [-0.15, -0.1) is 90.0 Å². The average molecular weight is 1130 g/mol. The Labute approximate surface area is 446 Å². The molecule has 0 spiro atoms. The number of rotatable bonds is 14. The van der Waals surface area contributed by atoms with Crippen LogP contribution in [0.1, 0.15) is 95.6 Å². The van der Waals surface area contributed by atoms with Crippen LogP contribution in [0.5, 0.6) is 0 Å².